The van der Waals surface area contributed by atoms with Crippen molar-refractivity contribution in [3.63, 3.8) is 0 Å². The van der Waals surface area contributed by atoms with Crippen molar-refractivity contribution in [2.24, 2.45) is 0 Å². The van der Waals surface area contributed by atoms with Gasteiger partial charge in [-0.1, -0.05) is 61.4 Å². The van der Waals surface area contributed by atoms with Crippen molar-refractivity contribution in [3.8, 4) is 0 Å². The van der Waals surface area contributed by atoms with E-state index >= 15 is 0 Å². The molecule has 1 radical (unpaired) electrons. The van der Waals surface area contributed by atoms with E-state index < -0.39 is 0 Å². The second-order valence-corrected chi connectivity index (χ2v) is 3.46. The van der Waals surface area contributed by atoms with Crippen molar-refractivity contribution >= 4 is 0 Å². The van der Waals surface area contributed by atoms with Crippen LogP contribution in [0.3, 0.4) is 0 Å². The van der Waals surface area contributed by atoms with Crippen molar-refractivity contribution < 1.29 is 0 Å². The molecular weight excluding hydrogens is 168 g/mol. The molecule has 0 N–H and O–H groups in total. The summed E-state index contributed by atoms with van der Waals surface area (Å²) in [5.74, 6) is 0. The highest BCUT2D eigenvalue weighted by Crippen LogP contribution is 2.06. The molecule has 0 bridgehead atoms. The van der Waals surface area contributed by atoms with Crippen LogP contribution >= 0.6 is 0 Å². The highest BCUT2D eigenvalue weighted by molar-refractivity contribution is 5.16. The van der Waals surface area contributed by atoms with Crippen LogP contribution in [0.2, 0.25) is 0 Å². The van der Waals surface area contributed by atoms with E-state index in [0.29, 0.717) is 0 Å². The highest BCUT2D eigenvalue weighted by atomic mass is 13.9. The third-order valence-corrected chi connectivity index (χ3v) is 2.18. The summed E-state index contributed by atoms with van der Waals surface area (Å²) in [5.41, 5.74) is 0. The van der Waals surface area contributed by atoms with Crippen LogP contribution in [0.25, 0.3) is 0 Å². The molecule has 14 heavy (non-hydrogen) atoms. The van der Waals surface area contributed by atoms with Crippen LogP contribution in [-0.4, -0.2) is 0 Å². The monoisotopic (exact) mass is 187 g/mol. The standard InChI is InChI=1S/C14H19/c1-2-4-6-8-10-12-14-13-11-9-7-5-3-1/h1-9H,10-14H2/b2-1+,5-3-,6-4+,9-7+. The van der Waals surface area contributed by atoms with Gasteiger partial charge in [-0.15, -0.1) is 0 Å². The van der Waals surface area contributed by atoms with Gasteiger partial charge < -0.3 is 0 Å². The van der Waals surface area contributed by atoms with Crippen molar-refractivity contribution in [1.82, 2.24) is 0 Å². The summed E-state index contributed by atoms with van der Waals surface area (Å²) in [6.07, 6.45) is 25.5. The summed E-state index contributed by atoms with van der Waals surface area (Å²) in [4.78, 5) is 0. The predicted octanol–water partition coefficient (Wildman–Crippen LogP) is 4.38. The normalized spacial score (nSPS) is 28.6. The summed E-state index contributed by atoms with van der Waals surface area (Å²) in [6.45, 7) is 0. The third kappa shape index (κ3) is 6.47. The molecule has 0 fully saturated rings. The van der Waals surface area contributed by atoms with Gasteiger partial charge in [-0.25, -0.2) is 0 Å². The molecule has 0 saturated carbocycles. The maximum absolute atomic E-state index is 2.25. The molecule has 0 nitrogen and oxygen atoms in total. The Morgan fingerprint density at radius 2 is 1.14 bits per heavy atom. The quantitative estimate of drug-likeness (QED) is 0.528. The van der Waals surface area contributed by atoms with Crippen molar-refractivity contribution in [3.05, 3.63) is 55.0 Å². The van der Waals surface area contributed by atoms with Crippen molar-refractivity contribution in [2.45, 2.75) is 32.1 Å². The lowest BCUT2D eigenvalue weighted by atomic mass is 10.1. The lowest BCUT2D eigenvalue weighted by Crippen LogP contribution is -1.77. The van der Waals surface area contributed by atoms with Gasteiger partial charge in [-0.05, 0) is 25.7 Å². The van der Waals surface area contributed by atoms with Gasteiger partial charge in [0.1, 0.15) is 0 Å². The van der Waals surface area contributed by atoms with Gasteiger partial charge in [0, 0.05) is 0 Å². The molecule has 0 unspecified atom stereocenters. The molecule has 0 saturated heterocycles. The van der Waals surface area contributed by atoms with E-state index in [-0.39, 0.29) is 0 Å². The van der Waals surface area contributed by atoms with Crippen LogP contribution in [0.1, 0.15) is 32.1 Å². The van der Waals surface area contributed by atoms with Crippen LogP contribution in [0.5, 0.6) is 0 Å². The molecule has 75 valence electrons. The first-order valence-corrected chi connectivity index (χ1v) is 5.48. The van der Waals surface area contributed by atoms with Crippen LogP contribution in [-0.2, 0) is 0 Å². The fourth-order valence-electron chi connectivity index (χ4n) is 1.37. The molecule has 0 atom stereocenters. The molecule has 1 aliphatic rings. The second-order valence-electron chi connectivity index (χ2n) is 3.46. The van der Waals surface area contributed by atoms with Crippen LogP contribution in [0, 0.1) is 6.42 Å². The number of allylic oxidation sites excluding steroid dienone is 8. The molecule has 0 heterocycles. The molecule has 0 aromatic rings. The Morgan fingerprint density at radius 3 is 2.00 bits per heavy atom. The van der Waals surface area contributed by atoms with Gasteiger partial charge in [0.15, 0.2) is 0 Å². The Balaban J connectivity index is 2.36. The van der Waals surface area contributed by atoms with Gasteiger partial charge >= 0.3 is 0 Å². The van der Waals surface area contributed by atoms with E-state index in [1.807, 2.05) is 0 Å². The zero-order valence-electron chi connectivity index (χ0n) is 8.73. The average Bonchev–Trinajstić information content (AvgIpc) is 2.22. The van der Waals surface area contributed by atoms with Crippen molar-refractivity contribution in [1.29, 1.82) is 0 Å². The molecule has 0 amide bonds. The van der Waals surface area contributed by atoms with Gasteiger partial charge in [-0.3, -0.25) is 0 Å². The minimum absolute atomic E-state index is 1.21. The Hall–Kier alpha value is -1.04. The van der Waals surface area contributed by atoms with E-state index in [2.05, 4.69) is 55.0 Å². The average molecular weight is 187 g/mol. The summed E-state index contributed by atoms with van der Waals surface area (Å²) in [7, 11) is 0. The summed E-state index contributed by atoms with van der Waals surface area (Å²) >= 11 is 0. The summed E-state index contributed by atoms with van der Waals surface area (Å²) < 4.78 is 0. The van der Waals surface area contributed by atoms with Gasteiger partial charge in [0.25, 0.3) is 0 Å². The first-order chi connectivity index (χ1) is 7.00. The molecule has 0 aliphatic heterocycles. The molecule has 0 aromatic heterocycles. The number of hydrogen-bond donors (Lipinski definition) is 0. The Bertz CT molecular complexity index is 202. The second kappa shape index (κ2) is 8.55. The Morgan fingerprint density at radius 1 is 0.500 bits per heavy atom. The van der Waals surface area contributed by atoms with Crippen LogP contribution < -0.4 is 0 Å². The topological polar surface area (TPSA) is 0 Å². The zero-order chi connectivity index (χ0) is 9.90. The fraction of sp³-hybridized carbons (Fsp3) is 0.357. The van der Waals surface area contributed by atoms with Crippen molar-refractivity contribution in [2.75, 3.05) is 0 Å². The fourth-order valence-corrected chi connectivity index (χ4v) is 1.37. The first-order valence-electron chi connectivity index (χ1n) is 5.48. The van der Waals surface area contributed by atoms with Gasteiger partial charge in [0.05, 0.1) is 0 Å². The third-order valence-electron chi connectivity index (χ3n) is 2.18. The summed E-state index contributed by atoms with van der Waals surface area (Å²) in [6, 6.07) is 0. The van der Waals surface area contributed by atoms with E-state index in [4.69, 9.17) is 0 Å². The zero-order valence-corrected chi connectivity index (χ0v) is 8.73. The maximum atomic E-state index is 2.25. The molecule has 1 aliphatic carbocycles. The lowest BCUT2D eigenvalue weighted by Gasteiger charge is -1.96. The molecular formula is C14H19. The van der Waals surface area contributed by atoms with Gasteiger partial charge in [0.2, 0.25) is 0 Å². The number of hydrogen-bond acceptors (Lipinski definition) is 0. The molecule has 1 rings (SSSR count). The maximum Gasteiger partial charge on any atom is -0.0167 e. The molecule has 0 aromatic carbocycles. The highest BCUT2D eigenvalue weighted by Gasteiger charge is 1.87. The lowest BCUT2D eigenvalue weighted by molar-refractivity contribution is 0.687. The van der Waals surface area contributed by atoms with E-state index in [1.165, 1.54) is 32.1 Å². The predicted molar refractivity (Wildman–Crippen MR) is 63.9 cm³/mol. The largest absolute Gasteiger partial charge is 0.0845 e. The first kappa shape index (κ1) is 11.0. The Kier molecular flexibility index (Phi) is 6.74. The number of rotatable bonds is 0. The minimum atomic E-state index is 1.21. The smallest absolute Gasteiger partial charge is 0.0167 e. The SMILES string of the molecule is [CH]1/C=C/C=C/C=C\C=C\CCCCC1. The van der Waals surface area contributed by atoms with Crippen LogP contribution in [0.15, 0.2) is 48.6 Å². The van der Waals surface area contributed by atoms with Gasteiger partial charge in [-0.2, -0.15) is 0 Å². The minimum Gasteiger partial charge on any atom is -0.0845 e. The summed E-state index contributed by atoms with van der Waals surface area (Å²) in [5, 5.41) is 0. The Labute approximate surface area is 87.7 Å². The van der Waals surface area contributed by atoms with E-state index in [1.54, 1.807) is 0 Å². The molecule has 0 heteroatoms. The van der Waals surface area contributed by atoms with Crippen LogP contribution in [0.4, 0.5) is 0 Å². The van der Waals surface area contributed by atoms with E-state index in [0.717, 1.165) is 0 Å². The molecule has 0 spiro atoms. The van der Waals surface area contributed by atoms with E-state index in [9.17, 15) is 0 Å².